The Balaban J connectivity index is 2.55. The van der Waals surface area contributed by atoms with Gasteiger partial charge in [0.1, 0.15) is 0 Å². The van der Waals surface area contributed by atoms with Crippen LogP contribution in [0.5, 0.6) is 0 Å². The van der Waals surface area contributed by atoms with E-state index in [1.165, 1.54) is 19.1 Å². The van der Waals surface area contributed by atoms with Gasteiger partial charge in [-0.1, -0.05) is 12.1 Å². The van der Waals surface area contributed by atoms with Gasteiger partial charge in [-0.25, -0.2) is 8.42 Å². The van der Waals surface area contributed by atoms with E-state index in [-0.39, 0.29) is 21.3 Å². The predicted molar refractivity (Wildman–Crippen MR) is 71.2 cm³/mol. The largest absolute Gasteiger partial charge is 0.370 e. The number of carbonyl (C=O) groups excluding carboxylic acids is 1. The summed E-state index contributed by atoms with van der Waals surface area (Å²) in [5.41, 5.74) is 11.0. The predicted octanol–water partition coefficient (Wildman–Crippen LogP) is 0.334. The number of aliphatic imine (C=N–C) groups is 1. The smallest absolute Gasteiger partial charge is 0.280 e. The van der Waals surface area contributed by atoms with Gasteiger partial charge in [-0.2, -0.15) is 4.99 Å². The molecule has 0 saturated carbocycles. The van der Waals surface area contributed by atoms with Gasteiger partial charge in [-0.3, -0.25) is 4.79 Å². The third kappa shape index (κ3) is 2.37. The van der Waals surface area contributed by atoms with Crippen molar-refractivity contribution < 1.29 is 13.2 Å². The zero-order valence-corrected chi connectivity index (χ0v) is 11.1. The number of amides is 1. The van der Waals surface area contributed by atoms with E-state index in [0.717, 1.165) is 0 Å². The molecule has 1 aliphatic rings. The molecule has 6 nitrogen and oxygen atoms in total. The molecule has 1 aliphatic heterocycles. The number of nitrogens with zero attached hydrogens (tertiary/aromatic N) is 1. The van der Waals surface area contributed by atoms with Crippen molar-refractivity contribution in [2.24, 2.45) is 16.5 Å². The van der Waals surface area contributed by atoms with Crippen LogP contribution < -0.4 is 11.5 Å². The van der Waals surface area contributed by atoms with Gasteiger partial charge >= 0.3 is 0 Å². The first-order valence-corrected chi connectivity index (χ1v) is 6.99. The van der Waals surface area contributed by atoms with Crippen LogP contribution in [0.4, 0.5) is 0 Å². The van der Waals surface area contributed by atoms with Crippen LogP contribution in [-0.2, 0) is 16.3 Å². The van der Waals surface area contributed by atoms with Gasteiger partial charge in [0.2, 0.25) is 9.84 Å². The average molecular weight is 279 g/mol. The summed E-state index contributed by atoms with van der Waals surface area (Å²) in [6.45, 7) is 1.53. The van der Waals surface area contributed by atoms with Gasteiger partial charge in [-0.05, 0) is 31.0 Å². The fraction of sp³-hybridized carbons (Fsp3) is 0.167. The fourth-order valence-electron chi connectivity index (χ4n) is 1.83. The minimum atomic E-state index is -3.51. The molecular weight excluding hydrogens is 266 g/mol. The SMILES string of the molecule is CC1=CCc2ccc(C(=O)N=C(N)N)cc2S1(=O)=O. The van der Waals surface area contributed by atoms with Crippen LogP contribution in [0.25, 0.3) is 0 Å². The summed E-state index contributed by atoms with van der Waals surface area (Å²) >= 11 is 0. The number of guanidine groups is 1. The molecule has 1 heterocycles. The molecule has 0 atom stereocenters. The molecule has 1 amide bonds. The number of fused-ring (bicyclic) bond motifs is 1. The van der Waals surface area contributed by atoms with E-state index < -0.39 is 15.7 Å². The van der Waals surface area contributed by atoms with Crippen molar-refractivity contribution in [3.8, 4) is 0 Å². The number of allylic oxidation sites excluding steroid dienone is 2. The van der Waals surface area contributed by atoms with Crippen LogP contribution >= 0.6 is 0 Å². The van der Waals surface area contributed by atoms with Crippen LogP contribution in [0.3, 0.4) is 0 Å². The Labute approximate surface area is 110 Å². The highest BCUT2D eigenvalue weighted by Gasteiger charge is 2.25. The summed E-state index contributed by atoms with van der Waals surface area (Å²) in [5, 5.41) is 0. The average Bonchev–Trinajstić information content (AvgIpc) is 2.33. The lowest BCUT2D eigenvalue weighted by Crippen LogP contribution is -2.24. The van der Waals surface area contributed by atoms with Gasteiger partial charge in [0.25, 0.3) is 5.91 Å². The van der Waals surface area contributed by atoms with Gasteiger partial charge in [0.15, 0.2) is 5.96 Å². The molecule has 0 bridgehead atoms. The number of sulfone groups is 1. The molecule has 0 fully saturated rings. The van der Waals surface area contributed by atoms with E-state index in [2.05, 4.69) is 4.99 Å². The second kappa shape index (κ2) is 4.51. The highest BCUT2D eigenvalue weighted by molar-refractivity contribution is 7.95. The number of nitrogens with two attached hydrogens (primary N) is 2. The Morgan fingerprint density at radius 2 is 2.00 bits per heavy atom. The van der Waals surface area contributed by atoms with Crippen molar-refractivity contribution in [2.45, 2.75) is 18.2 Å². The van der Waals surface area contributed by atoms with Crippen molar-refractivity contribution in [3.05, 3.63) is 40.3 Å². The van der Waals surface area contributed by atoms with Gasteiger partial charge < -0.3 is 11.5 Å². The number of rotatable bonds is 1. The summed E-state index contributed by atoms with van der Waals surface area (Å²) in [4.78, 5) is 15.5. The van der Waals surface area contributed by atoms with Crippen LogP contribution in [0.1, 0.15) is 22.8 Å². The molecule has 2 rings (SSSR count). The zero-order chi connectivity index (χ0) is 14.2. The highest BCUT2D eigenvalue weighted by atomic mass is 32.2. The lowest BCUT2D eigenvalue weighted by molar-refractivity contribution is 0.100. The second-order valence-corrected chi connectivity index (χ2v) is 6.28. The van der Waals surface area contributed by atoms with E-state index in [9.17, 15) is 13.2 Å². The third-order valence-corrected chi connectivity index (χ3v) is 4.84. The van der Waals surface area contributed by atoms with Crippen molar-refractivity contribution in [1.29, 1.82) is 0 Å². The highest BCUT2D eigenvalue weighted by Crippen LogP contribution is 2.29. The number of carbonyl (C=O) groups is 1. The van der Waals surface area contributed by atoms with Crippen molar-refractivity contribution in [3.63, 3.8) is 0 Å². The standard InChI is InChI=1S/C12H13N3O3S/c1-7-2-3-8-4-5-9(11(16)15-12(13)14)6-10(8)19(7,17)18/h2,4-6H,3H2,1H3,(H4,13,14,15,16). The minimum absolute atomic E-state index is 0.143. The van der Waals surface area contributed by atoms with Gasteiger partial charge in [0.05, 0.1) is 4.90 Å². The first kappa shape index (κ1) is 13.3. The maximum atomic E-state index is 12.1. The Hall–Kier alpha value is -2.15. The van der Waals surface area contributed by atoms with E-state index in [1.807, 2.05) is 0 Å². The Bertz CT molecular complexity index is 714. The van der Waals surface area contributed by atoms with E-state index in [1.54, 1.807) is 12.1 Å². The molecule has 1 aromatic rings. The third-order valence-electron chi connectivity index (χ3n) is 2.87. The maximum absolute atomic E-state index is 12.1. The first-order chi connectivity index (χ1) is 8.82. The molecule has 0 spiro atoms. The molecular formula is C12H13N3O3S. The minimum Gasteiger partial charge on any atom is -0.370 e. The van der Waals surface area contributed by atoms with Crippen molar-refractivity contribution in [2.75, 3.05) is 0 Å². The molecule has 0 radical (unpaired) electrons. The number of hydrogen-bond acceptors (Lipinski definition) is 3. The van der Waals surface area contributed by atoms with Gasteiger partial charge in [0, 0.05) is 10.5 Å². The summed E-state index contributed by atoms with van der Waals surface area (Å²) < 4.78 is 24.3. The lowest BCUT2D eigenvalue weighted by Gasteiger charge is -2.15. The van der Waals surface area contributed by atoms with Crippen LogP contribution in [-0.4, -0.2) is 20.3 Å². The Morgan fingerprint density at radius 3 is 2.63 bits per heavy atom. The van der Waals surface area contributed by atoms with E-state index >= 15 is 0 Å². The molecule has 0 aromatic heterocycles. The molecule has 19 heavy (non-hydrogen) atoms. The number of hydrogen-bond donors (Lipinski definition) is 2. The summed E-state index contributed by atoms with van der Waals surface area (Å²) in [6, 6.07) is 4.43. The zero-order valence-electron chi connectivity index (χ0n) is 10.3. The monoisotopic (exact) mass is 279 g/mol. The maximum Gasteiger partial charge on any atom is 0.280 e. The topological polar surface area (TPSA) is 116 Å². The van der Waals surface area contributed by atoms with Gasteiger partial charge in [-0.15, -0.1) is 0 Å². The summed E-state index contributed by atoms with van der Waals surface area (Å²) in [5.74, 6) is -1.02. The number of benzene rings is 1. The van der Waals surface area contributed by atoms with E-state index in [0.29, 0.717) is 12.0 Å². The Morgan fingerprint density at radius 1 is 1.32 bits per heavy atom. The van der Waals surface area contributed by atoms with E-state index in [4.69, 9.17) is 11.5 Å². The quantitative estimate of drug-likeness (QED) is 0.568. The molecule has 1 aromatic carbocycles. The fourth-order valence-corrected chi connectivity index (χ4v) is 3.25. The Kier molecular flexibility index (Phi) is 3.15. The molecule has 4 N–H and O–H groups in total. The van der Waals surface area contributed by atoms with Crippen LogP contribution in [0.15, 0.2) is 39.1 Å². The normalized spacial score (nSPS) is 16.2. The molecule has 7 heteroatoms. The van der Waals surface area contributed by atoms with Crippen LogP contribution in [0.2, 0.25) is 0 Å². The van der Waals surface area contributed by atoms with Crippen molar-refractivity contribution in [1.82, 2.24) is 0 Å². The van der Waals surface area contributed by atoms with Crippen LogP contribution in [0, 0.1) is 0 Å². The first-order valence-electron chi connectivity index (χ1n) is 5.51. The molecule has 100 valence electrons. The lowest BCUT2D eigenvalue weighted by atomic mass is 10.1. The summed E-state index contributed by atoms with van der Waals surface area (Å²) in [7, 11) is -3.51. The second-order valence-electron chi connectivity index (χ2n) is 4.19. The molecule has 0 unspecified atom stereocenters. The summed E-state index contributed by atoms with van der Waals surface area (Å²) in [6.07, 6.45) is 2.17. The molecule has 0 aliphatic carbocycles. The molecule has 0 saturated heterocycles. The van der Waals surface area contributed by atoms with Crippen molar-refractivity contribution >= 4 is 21.7 Å².